The van der Waals surface area contributed by atoms with E-state index in [1.165, 1.54) is 6.07 Å². The fourth-order valence-electron chi connectivity index (χ4n) is 1.93. The van der Waals surface area contributed by atoms with Gasteiger partial charge < -0.3 is 0 Å². The molecule has 0 atom stereocenters. The molecule has 2 aromatic carbocycles. The summed E-state index contributed by atoms with van der Waals surface area (Å²) in [7, 11) is -3.69. The van der Waals surface area contributed by atoms with Crippen molar-refractivity contribution < 1.29 is 8.42 Å². The molecule has 2 rings (SSSR count). The van der Waals surface area contributed by atoms with Gasteiger partial charge in [0.25, 0.3) is 10.0 Å². The molecule has 2 aromatic rings. The average molecular weight is 344 g/mol. The van der Waals surface area contributed by atoms with Crippen LogP contribution in [0.1, 0.15) is 12.0 Å². The van der Waals surface area contributed by atoms with Gasteiger partial charge in [-0.2, -0.15) is 0 Å². The van der Waals surface area contributed by atoms with Crippen molar-refractivity contribution >= 4 is 38.9 Å². The zero-order valence-electron chi connectivity index (χ0n) is 11.2. The van der Waals surface area contributed by atoms with Gasteiger partial charge in [-0.3, -0.25) is 4.72 Å². The van der Waals surface area contributed by atoms with E-state index in [0.29, 0.717) is 11.6 Å². The maximum atomic E-state index is 12.3. The highest BCUT2D eigenvalue weighted by Gasteiger charge is 2.17. The second-order valence-corrected chi connectivity index (χ2v) is 6.96. The van der Waals surface area contributed by atoms with Crippen LogP contribution in [-0.4, -0.2) is 14.3 Å². The van der Waals surface area contributed by atoms with Gasteiger partial charge in [0.15, 0.2) is 0 Å². The summed E-state index contributed by atoms with van der Waals surface area (Å²) in [6.07, 6.45) is 1.66. The summed E-state index contributed by atoms with van der Waals surface area (Å²) in [6, 6.07) is 13.6. The smallest absolute Gasteiger partial charge is 0.263 e. The van der Waals surface area contributed by atoms with Crippen molar-refractivity contribution in [1.29, 1.82) is 0 Å². The number of alkyl halides is 1. The van der Waals surface area contributed by atoms with Gasteiger partial charge in [-0.15, -0.1) is 11.6 Å². The molecule has 0 spiro atoms. The van der Waals surface area contributed by atoms with Crippen LogP contribution in [0.25, 0.3) is 0 Å². The van der Waals surface area contributed by atoms with Crippen LogP contribution >= 0.6 is 23.2 Å². The number of aryl methyl sites for hydroxylation is 1. The molecule has 0 heterocycles. The zero-order valence-corrected chi connectivity index (χ0v) is 13.5. The maximum Gasteiger partial charge on any atom is 0.263 e. The molecule has 0 unspecified atom stereocenters. The van der Waals surface area contributed by atoms with E-state index in [4.69, 9.17) is 23.2 Å². The van der Waals surface area contributed by atoms with Gasteiger partial charge >= 0.3 is 0 Å². The van der Waals surface area contributed by atoms with Crippen LogP contribution in [0.5, 0.6) is 0 Å². The molecule has 0 aliphatic heterocycles. The largest absolute Gasteiger partial charge is 0.280 e. The highest BCUT2D eigenvalue weighted by atomic mass is 35.5. The van der Waals surface area contributed by atoms with Gasteiger partial charge in [0.2, 0.25) is 0 Å². The van der Waals surface area contributed by atoms with Crippen LogP contribution in [0.3, 0.4) is 0 Å². The van der Waals surface area contributed by atoms with E-state index in [2.05, 4.69) is 4.72 Å². The molecule has 3 nitrogen and oxygen atoms in total. The Morgan fingerprint density at radius 2 is 1.81 bits per heavy atom. The fourth-order valence-corrected chi connectivity index (χ4v) is 3.64. The SMILES string of the molecule is O=S(=O)(Nc1cccc(CCCCl)c1)c1ccccc1Cl. The Bertz CT molecular complexity index is 717. The van der Waals surface area contributed by atoms with E-state index in [1.54, 1.807) is 30.3 Å². The number of rotatable bonds is 6. The number of sulfonamides is 1. The second kappa shape index (κ2) is 7.16. The Kier molecular flexibility index (Phi) is 5.51. The normalized spacial score (nSPS) is 11.3. The third kappa shape index (κ3) is 4.37. The van der Waals surface area contributed by atoms with Crippen molar-refractivity contribution in [2.24, 2.45) is 0 Å². The third-order valence-corrected chi connectivity index (χ3v) is 5.05. The maximum absolute atomic E-state index is 12.3. The monoisotopic (exact) mass is 343 g/mol. The first-order valence-electron chi connectivity index (χ1n) is 6.45. The lowest BCUT2D eigenvalue weighted by atomic mass is 10.1. The Morgan fingerprint density at radius 1 is 1.05 bits per heavy atom. The van der Waals surface area contributed by atoms with Crippen molar-refractivity contribution in [1.82, 2.24) is 0 Å². The molecule has 0 bridgehead atoms. The van der Waals surface area contributed by atoms with Gasteiger partial charge in [0.05, 0.1) is 5.02 Å². The summed E-state index contributed by atoms with van der Waals surface area (Å²) in [5, 5.41) is 0.197. The van der Waals surface area contributed by atoms with Crippen LogP contribution < -0.4 is 4.72 Å². The summed E-state index contributed by atoms with van der Waals surface area (Å²) in [5.41, 5.74) is 1.55. The molecule has 0 aliphatic carbocycles. The number of hydrogen-bond donors (Lipinski definition) is 1. The number of nitrogens with one attached hydrogen (secondary N) is 1. The standard InChI is InChI=1S/C15H15Cl2NO2S/c16-10-4-6-12-5-3-7-13(11-12)18-21(19,20)15-9-2-1-8-14(15)17/h1-3,5,7-9,11,18H,4,6,10H2. The summed E-state index contributed by atoms with van der Waals surface area (Å²) in [4.78, 5) is 0.0674. The van der Waals surface area contributed by atoms with Crippen molar-refractivity contribution in [2.45, 2.75) is 17.7 Å². The first-order chi connectivity index (χ1) is 10.0. The predicted octanol–water partition coefficient (Wildman–Crippen LogP) is 4.31. The lowest BCUT2D eigenvalue weighted by Gasteiger charge is -2.10. The van der Waals surface area contributed by atoms with E-state index >= 15 is 0 Å². The number of hydrogen-bond acceptors (Lipinski definition) is 2. The molecule has 0 radical (unpaired) electrons. The van der Waals surface area contributed by atoms with Gasteiger partial charge in [-0.25, -0.2) is 8.42 Å². The Morgan fingerprint density at radius 3 is 2.52 bits per heavy atom. The van der Waals surface area contributed by atoms with E-state index in [0.717, 1.165) is 18.4 Å². The van der Waals surface area contributed by atoms with E-state index in [1.807, 2.05) is 12.1 Å². The van der Waals surface area contributed by atoms with E-state index < -0.39 is 10.0 Å². The number of anilines is 1. The fraction of sp³-hybridized carbons (Fsp3) is 0.200. The van der Waals surface area contributed by atoms with Crippen molar-refractivity contribution in [3.05, 3.63) is 59.1 Å². The molecule has 6 heteroatoms. The first-order valence-corrected chi connectivity index (χ1v) is 8.85. The molecule has 0 aromatic heterocycles. The lowest BCUT2D eigenvalue weighted by molar-refractivity contribution is 0.601. The molecule has 1 N–H and O–H groups in total. The van der Waals surface area contributed by atoms with Gasteiger partial charge in [0.1, 0.15) is 4.90 Å². The van der Waals surface area contributed by atoms with Gasteiger partial charge in [-0.05, 0) is 42.7 Å². The number of halogens is 2. The zero-order chi connectivity index (χ0) is 15.3. The minimum absolute atomic E-state index is 0.0674. The Hall–Kier alpha value is -1.23. The molecular formula is C15H15Cl2NO2S. The van der Waals surface area contributed by atoms with Crippen molar-refractivity contribution in [3.63, 3.8) is 0 Å². The molecule has 0 fully saturated rings. The van der Waals surface area contributed by atoms with Gasteiger partial charge in [0, 0.05) is 11.6 Å². The van der Waals surface area contributed by atoms with E-state index in [-0.39, 0.29) is 9.92 Å². The topological polar surface area (TPSA) is 46.2 Å². The molecule has 21 heavy (non-hydrogen) atoms. The third-order valence-electron chi connectivity index (χ3n) is 2.90. The summed E-state index contributed by atoms with van der Waals surface area (Å²) < 4.78 is 27.2. The highest BCUT2D eigenvalue weighted by molar-refractivity contribution is 7.92. The summed E-state index contributed by atoms with van der Waals surface area (Å²) in [5.74, 6) is 0.579. The minimum Gasteiger partial charge on any atom is -0.280 e. The quantitative estimate of drug-likeness (QED) is 0.794. The van der Waals surface area contributed by atoms with Gasteiger partial charge in [-0.1, -0.05) is 35.9 Å². The van der Waals surface area contributed by atoms with Crippen LogP contribution in [-0.2, 0) is 16.4 Å². The molecule has 112 valence electrons. The van der Waals surface area contributed by atoms with Crippen molar-refractivity contribution in [3.8, 4) is 0 Å². The molecule has 0 aliphatic rings. The summed E-state index contributed by atoms with van der Waals surface area (Å²) in [6.45, 7) is 0. The average Bonchev–Trinajstić information content (AvgIpc) is 2.45. The van der Waals surface area contributed by atoms with Crippen molar-refractivity contribution in [2.75, 3.05) is 10.6 Å². The summed E-state index contributed by atoms with van der Waals surface area (Å²) >= 11 is 11.6. The van der Waals surface area contributed by atoms with Crippen LogP contribution in [0.4, 0.5) is 5.69 Å². The van der Waals surface area contributed by atoms with E-state index in [9.17, 15) is 8.42 Å². The number of benzene rings is 2. The van der Waals surface area contributed by atoms with Crippen LogP contribution in [0, 0.1) is 0 Å². The Balaban J connectivity index is 2.23. The van der Waals surface area contributed by atoms with Crippen LogP contribution in [0.15, 0.2) is 53.4 Å². The first kappa shape index (κ1) is 16.1. The minimum atomic E-state index is -3.69. The molecule has 0 saturated heterocycles. The lowest BCUT2D eigenvalue weighted by Crippen LogP contribution is -2.13. The van der Waals surface area contributed by atoms with Crippen LogP contribution in [0.2, 0.25) is 5.02 Å². The molecule has 0 amide bonds. The molecule has 0 saturated carbocycles. The predicted molar refractivity (Wildman–Crippen MR) is 87.7 cm³/mol. The second-order valence-electron chi connectivity index (χ2n) is 4.53. The Labute approximate surface area is 135 Å². The molecular weight excluding hydrogens is 329 g/mol. The highest BCUT2D eigenvalue weighted by Crippen LogP contribution is 2.23.